The van der Waals surface area contributed by atoms with E-state index in [0.29, 0.717) is 27.2 Å². The normalized spacial score (nSPS) is 10.7. The van der Waals surface area contributed by atoms with Gasteiger partial charge in [-0.1, -0.05) is 23.2 Å². The number of aromatic nitrogens is 1. The molecule has 13 heavy (non-hydrogen) atoms. The number of nitrogens with one attached hydrogen (secondary N) is 1. The molecule has 1 aromatic heterocycles. The lowest BCUT2D eigenvalue weighted by Gasteiger charge is -1.91. The lowest BCUT2D eigenvalue weighted by atomic mass is 10.3. The summed E-state index contributed by atoms with van der Waals surface area (Å²) in [6.45, 7) is 0. The van der Waals surface area contributed by atoms with E-state index >= 15 is 0 Å². The van der Waals surface area contributed by atoms with Crippen molar-refractivity contribution in [3.05, 3.63) is 22.2 Å². The monoisotopic (exact) mass is 216 g/mol. The molecule has 0 spiro atoms. The van der Waals surface area contributed by atoms with E-state index in [-0.39, 0.29) is 0 Å². The summed E-state index contributed by atoms with van der Waals surface area (Å²) < 4.78 is 5.29. The van der Waals surface area contributed by atoms with E-state index in [0.717, 1.165) is 0 Å². The van der Waals surface area contributed by atoms with Crippen LogP contribution in [-0.2, 0) is 0 Å². The number of hydrogen-bond acceptors (Lipinski definition) is 3. The number of benzene rings is 1. The minimum absolute atomic E-state index is 0.407. The third-order valence-corrected chi connectivity index (χ3v) is 2.26. The van der Waals surface area contributed by atoms with Gasteiger partial charge < -0.3 is 9.73 Å². The first kappa shape index (κ1) is 8.66. The van der Waals surface area contributed by atoms with Crippen LogP contribution in [0.15, 0.2) is 16.5 Å². The standard InChI is InChI=1S/C8H6Cl2N2O/c1-11-8-12-6-4(9)2-3-5(10)7(6)13-8/h2-3H,1H3,(H,11,12). The number of oxazole rings is 1. The number of anilines is 1. The first-order chi connectivity index (χ1) is 6.22. The topological polar surface area (TPSA) is 38.1 Å². The van der Waals surface area contributed by atoms with Crippen molar-refractivity contribution in [2.24, 2.45) is 0 Å². The Morgan fingerprint density at radius 1 is 1.31 bits per heavy atom. The third kappa shape index (κ3) is 1.34. The molecule has 0 radical (unpaired) electrons. The van der Waals surface area contributed by atoms with Crippen LogP contribution in [0.3, 0.4) is 0 Å². The molecular formula is C8H6Cl2N2O. The zero-order valence-corrected chi connectivity index (χ0v) is 8.28. The smallest absolute Gasteiger partial charge is 0.295 e. The predicted octanol–water partition coefficient (Wildman–Crippen LogP) is 3.18. The summed E-state index contributed by atoms with van der Waals surface area (Å²) in [7, 11) is 1.71. The Balaban J connectivity index is 2.80. The molecule has 0 bridgehead atoms. The Labute approximate surface area is 84.6 Å². The highest BCUT2D eigenvalue weighted by atomic mass is 35.5. The van der Waals surface area contributed by atoms with E-state index < -0.39 is 0 Å². The maximum Gasteiger partial charge on any atom is 0.295 e. The fourth-order valence-electron chi connectivity index (χ4n) is 1.05. The zero-order chi connectivity index (χ0) is 9.42. The fourth-order valence-corrected chi connectivity index (χ4v) is 1.43. The zero-order valence-electron chi connectivity index (χ0n) is 6.77. The van der Waals surface area contributed by atoms with Crippen LogP contribution in [0.5, 0.6) is 0 Å². The van der Waals surface area contributed by atoms with Gasteiger partial charge in [-0.05, 0) is 12.1 Å². The molecule has 1 heterocycles. The molecule has 68 valence electrons. The van der Waals surface area contributed by atoms with Crippen molar-refractivity contribution in [2.45, 2.75) is 0 Å². The van der Waals surface area contributed by atoms with Crippen molar-refractivity contribution in [2.75, 3.05) is 12.4 Å². The molecular weight excluding hydrogens is 211 g/mol. The SMILES string of the molecule is CNc1nc2c(Cl)ccc(Cl)c2o1. The molecule has 0 saturated heterocycles. The Morgan fingerprint density at radius 2 is 2.00 bits per heavy atom. The highest BCUT2D eigenvalue weighted by Gasteiger charge is 2.10. The van der Waals surface area contributed by atoms with Crippen molar-refractivity contribution in [1.29, 1.82) is 0 Å². The van der Waals surface area contributed by atoms with Gasteiger partial charge >= 0.3 is 0 Å². The number of nitrogens with zero attached hydrogens (tertiary/aromatic N) is 1. The Hall–Kier alpha value is -0.930. The van der Waals surface area contributed by atoms with Crippen molar-refractivity contribution in [1.82, 2.24) is 4.98 Å². The molecule has 0 saturated carbocycles. The lowest BCUT2D eigenvalue weighted by Crippen LogP contribution is -1.85. The van der Waals surface area contributed by atoms with Crippen LogP contribution in [0.4, 0.5) is 6.01 Å². The minimum atomic E-state index is 0.407. The fraction of sp³-hybridized carbons (Fsp3) is 0.125. The largest absolute Gasteiger partial charge is 0.422 e. The van der Waals surface area contributed by atoms with E-state index in [4.69, 9.17) is 27.6 Å². The first-order valence-corrected chi connectivity index (χ1v) is 4.40. The van der Waals surface area contributed by atoms with Crippen molar-refractivity contribution in [3.63, 3.8) is 0 Å². The van der Waals surface area contributed by atoms with Gasteiger partial charge in [-0.25, -0.2) is 0 Å². The molecule has 0 unspecified atom stereocenters. The first-order valence-electron chi connectivity index (χ1n) is 3.64. The second-order valence-corrected chi connectivity index (χ2v) is 3.29. The molecule has 0 aliphatic heterocycles. The molecule has 0 aliphatic rings. The molecule has 3 nitrogen and oxygen atoms in total. The average molecular weight is 217 g/mol. The summed E-state index contributed by atoms with van der Waals surface area (Å²) in [6.07, 6.45) is 0. The van der Waals surface area contributed by atoms with Crippen LogP contribution in [-0.4, -0.2) is 12.0 Å². The van der Waals surface area contributed by atoms with Crippen LogP contribution < -0.4 is 5.32 Å². The van der Waals surface area contributed by atoms with E-state index in [1.54, 1.807) is 19.2 Å². The Morgan fingerprint density at radius 3 is 2.62 bits per heavy atom. The van der Waals surface area contributed by atoms with Crippen LogP contribution in [0.2, 0.25) is 10.0 Å². The molecule has 1 N–H and O–H groups in total. The third-order valence-electron chi connectivity index (χ3n) is 1.66. The minimum Gasteiger partial charge on any atom is -0.422 e. The van der Waals surface area contributed by atoms with Gasteiger partial charge in [0.05, 0.1) is 10.0 Å². The molecule has 0 aliphatic carbocycles. The molecule has 5 heteroatoms. The van der Waals surface area contributed by atoms with E-state index in [1.165, 1.54) is 0 Å². The maximum absolute atomic E-state index is 5.89. The summed E-state index contributed by atoms with van der Waals surface area (Å²) >= 11 is 11.8. The molecule has 0 atom stereocenters. The van der Waals surface area contributed by atoms with E-state index in [9.17, 15) is 0 Å². The molecule has 2 rings (SSSR count). The number of fused-ring (bicyclic) bond motifs is 1. The molecule has 1 aromatic carbocycles. The summed E-state index contributed by atoms with van der Waals surface area (Å²) in [4.78, 5) is 4.10. The van der Waals surface area contributed by atoms with Gasteiger partial charge in [-0.2, -0.15) is 4.98 Å². The predicted molar refractivity (Wildman–Crippen MR) is 53.6 cm³/mol. The van der Waals surface area contributed by atoms with Gasteiger partial charge in [-0.15, -0.1) is 0 Å². The van der Waals surface area contributed by atoms with Crippen molar-refractivity contribution in [3.8, 4) is 0 Å². The summed E-state index contributed by atoms with van der Waals surface area (Å²) in [5, 5.41) is 3.82. The number of rotatable bonds is 1. The van der Waals surface area contributed by atoms with Crippen LogP contribution in [0.1, 0.15) is 0 Å². The van der Waals surface area contributed by atoms with E-state index in [2.05, 4.69) is 10.3 Å². The highest BCUT2D eigenvalue weighted by Crippen LogP contribution is 2.31. The summed E-state index contributed by atoms with van der Waals surface area (Å²) in [6, 6.07) is 3.77. The lowest BCUT2D eigenvalue weighted by molar-refractivity contribution is 0.620. The van der Waals surface area contributed by atoms with Gasteiger partial charge in [0, 0.05) is 7.05 Å². The summed E-state index contributed by atoms with van der Waals surface area (Å²) in [5.74, 6) is 0. The van der Waals surface area contributed by atoms with Gasteiger partial charge in [-0.3, -0.25) is 0 Å². The van der Waals surface area contributed by atoms with Gasteiger partial charge in [0.1, 0.15) is 5.52 Å². The maximum atomic E-state index is 5.89. The highest BCUT2D eigenvalue weighted by molar-refractivity contribution is 6.39. The summed E-state index contributed by atoms with van der Waals surface area (Å²) in [5.41, 5.74) is 1.09. The molecule has 2 aromatic rings. The van der Waals surface area contributed by atoms with Crippen molar-refractivity contribution < 1.29 is 4.42 Å². The quantitative estimate of drug-likeness (QED) is 0.796. The number of halogens is 2. The van der Waals surface area contributed by atoms with Gasteiger partial charge in [0.2, 0.25) is 0 Å². The van der Waals surface area contributed by atoms with Crippen LogP contribution in [0, 0.1) is 0 Å². The Kier molecular flexibility index (Phi) is 2.06. The second-order valence-electron chi connectivity index (χ2n) is 2.48. The van der Waals surface area contributed by atoms with E-state index in [1.807, 2.05) is 0 Å². The van der Waals surface area contributed by atoms with Crippen LogP contribution >= 0.6 is 23.2 Å². The second kappa shape index (κ2) is 3.09. The van der Waals surface area contributed by atoms with Crippen molar-refractivity contribution >= 4 is 40.3 Å². The average Bonchev–Trinajstić information content (AvgIpc) is 2.56. The Bertz CT molecular complexity index is 414. The molecule has 0 fully saturated rings. The molecule has 0 amide bonds. The van der Waals surface area contributed by atoms with Gasteiger partial charge in [0.15, 0.2) is 5.58 Å². The number of hydrogen-bond donors (Lipinski definition) is 1. The van der Waals surface area contributed by atoms with Crippen LogP contribution in [0.25, 0.3) is 11.1 Å². The van der Waals surface area contributed by atoms with Gasteiger partial charge in [0.25, 0.3) is 6.01 Å².